The molecule has 0 atom stereocenters. The highest BCUT2D eigenvalue weighted by Crippen LogP contribution is 2.17. The van der Waals surface area contributed by atoms with E-state index in [4.69, 9.17) is 17.1 Å². The van der Waals surface area contributed by atoms with Crippen molar-refractivity contribution in [1.29, 1.82) is 0 Å². The van der Waals surface area contributed by atoms with E-state index < -0.39 is 11.7 Å². The fourth-order valence-electron chi connectivity index (χ4n) is 0.756. The normalized spacial score (nSPS) is 9.08. The summed E-state index contributed by atoms with van der Waals surface area (Å²) < 4.78 is 12.6. The van der Waals surface area contributed by atoms with Gasteiger partial charge in [-0.05, 0) is 28.8 Å². The molecule has 0 bridgehead atoms. The third kappa shape index (κ3) is 2.18. The Hall–Kier alpha value is -1.58. The van der Waals surface area contributed by atoms with Crippen LogP contribution < -0.4 is 0 Å². The number of rotatable bonds is 1. The van der Waals surface area contributed by atoms with Crippen molar-refractivity contribution in [2.45, 2.75) is 0 Å². The molecular formula is C7H3ClFN3O. The van der Waals surface area contributed by atoms with Crippen molar-refractivity contribution in [2.24, 2.45) is 5.11 Å². The van der Waals surface area contributed by atoms with Crippen LogP contribution in [0.4, 0.5) is 4.39 Å². The summed E-state index contributed by atoms with van der Waals surface area (Å²) >= 11 is 5.56. The molecule has 4 nitrogen and oxygen atoms in total. The van der Waals surface area contributed by atoms with Crippen LogP contribution in [0.3, 0.4) is 0 Å². The van der Waals surface area contributed by atoms with Crippen LogP contribution >= 0.6 is 11.6 Å². The van der Waals surface area contributed by atoms with Gasteiger partial charge in [-0.2, -0.15) is 0 Å². The van der Waals surface area contributed by atoms with Crippen LogP contribution in [-0.4, -0.2) is 5.91 Å². The van der Waals surface area contributed by atoms with Crippen molar-refractivity contribution in [3.8, 4) is 0 Å². The number of halogens is 2. The second-order valence-electron chi connectivity index (χ2n) is 2.12. The summed E-state index contributed by atoms with van der Waals surface area (Å²) in [6.45, 7) is 0. The van der Waals surface area contributed by atoms with Gasteiger partial charge < -0.3 is 0 Å². The first-order chi connectivity index (χ1) is 6.15. The van der Waals surface area contributed by atoms with Crippen molar-refractivity contribution in [3.05, 3.63) is 45.0 Å². The minimum Gasteiger partial charge on any atom is -0.287 e. The lowest BCUT2D eigenvalue weighted by Crippen LogP contribution is -1.95. The van der Waals surface area contributed by atoms with Gasteiger partial charge in [-0.15, -0.1) is 0 Å². The predicted molar refractivity (Wildman–Crippen MR) is 44.9 cm³/mol. The summed E-state index contributed by atoms with van der Waals surface area (Å²) in [6.07, 6.45) is 0. The molecule has 66 valence electrons. The molecule has 0 spiro atoms. The summed E-state index contributed by atoms with van der Waals surface area (Å²) in [5.74, 6) is -1.51. The quantitative estimate of drug-likeness (QED) is 0.390. The van der Waals surface area contributed by atoms with Crippen LogP contribution in [0.15, 0.2) is 23.3 Å². The van der Waals surface area contributed by atoms with Crippen LogP contribution in [0.2, 0.25) is 5.02 Å². The second-order valence-corrected chi connectivity index (χ2v) is 2.53. The number of nitrogens with zero attached hydrogens (tertiary/aromatic N) is 3. The van der Waals surface area contributed by atoms with E-state index in [-0.39, 0.29) is 10.6 Å². The van der Waals surface area contributed by atoms with E-state index in [0.717, 1.165) is 12.1 Å². The number of carbonyl (C=O) groups is 1. The van der Waals surface area contributed by atoms with Gasteiger partial charge in [-0.25, -0.2) is 4.39 Å². The lowest BCUT2D eigenvalue weighted by Gasteiger charge is -1.97. The van der Waals surface area contributed by atoms with Gasteiger partial charge in [-0.1, -0.05) is 11.6 Å². The Kier molecular flexibility index (Phi) is 2.84. The third-order valence-electron chi connectivity index (χ3n) is 1.29. The van der Waals surface area contributed by atoms with E-state index in [1.54, 1.807) is 0 Å². The molecule has 13 heavy (non-hydrogen) atoms. The molecule has 0 aliphatic heterocycles. The Morgan fingerprint density at radius 2 is 2.31 bits per heavy atom. The second kappa shape index (κ2) is 3.89. The monoisotopic (exact) mass is 199 g/mol. The molecular weight excluding hydrogens is 197 g/mol. The molecule has 0 radical (unpaired) electrons. The first kappa shape index (κ1) is 9.51. The molecule has 1 rings (SSSR count). The summed E-state index contributed by atoms with van der Waals surface area (Å²) in [4.78, 5) is 13.2. The SMILES string of the molecule is [N-]=[N+]=NC(=O)c1cc(F)ccc1Cl. The molecule has 6 heteroatoms. The van der Waals surface area contributed by atoms with Gasteiger partial charge in [0.25, 0.3) is 5.91 Å². The van der Waals surface area contributed by atoms with E-state index in [9.17, 15) is 9.18 Å². The molecule has 1 amide bonds. The maximum Gasteiger partial charge on any atom is 0.250 e. The van der Waals surface area contributed by atoms with E-state index in [1.807, 2.05) is 0 Å². The van der Waals surface area contributed by atoms with Crippen LogP contribution in [0, 0.1) is 5.82 Å². The van der Waals surface area contributed by atoms with Gasteiger partial charge in [0.05, 0.1) is 5.02 Å². The Bertz CT molecular complexity index is 401. The zero-order valence-electron chi connectivity index (χ0n) is 6.24. The van der Waals surface area contributed by atoms with Crippen molar-refractivity contribution >= 4 is 17.5 Å². The fraction of sp³-hybridized carbons (Fsp3) is 0. The summed E-state index contributed by atoms with van der Waals surface area (Å²) in [6, 6.07) is 3.24. The average Bonchev–Trinajstić information content (AvgIpc) is 2.09. The number of azide groups is 1. The largest absolute Gasteiger partial charge is 0.287 e. The summed E-state index contributed by atoms with van der Waals surface area (Å²) in [5.41, 5.74) is 7.82. The van der Waals surface area contributed by atoms with E-state index in [2.05, 4.69) is 10.0 Å². The number of hydrogen-bond donors (Lipinski definition) is 0. The molecule has 0 unspecified atom stereocenters. The maximum absolute atomic E-state index is 12.6. The number of carbonyl (C=O) groups excluding carboxylic acids is 1. The highest BCUT2D eigenvalue weighted by Gasteiger charge is 2.08. The zero-order valence-corrected chi connectivity index (χ0v) is 6.99. The lowest BCUT2D eigenvalue weighted by molar-refractivity contribution is 0.1000. The van der Waals surface area contributed by atoms with Crippen molar-refractivity contribution in [2.75, 3.05) is 0 Å². The molecule has 0 aliphatic rings. The summed E-state index contributed by atoms with van der Waals surface area (Å²) in [5, 5.41) is 2.84. The van der Waals surface area contributed by atoms with Gasteiger partial charge in [0.15, 0.2) is 0 Å². The first-order valence-electron chi connectivity index (χ1n) is 3.19. The molecule has 1 aromatic carbocycles. The summed E-state index contributed by atoms with van der Waals surface area (Å²) in [7, 11) is 0. The Labute approximate surface area is 77.6 Å². The minimum atomic E-state index is -0.896. The van der Waals surface area contributed by atoms with Gasteiger partial charge in [0.1, 0.15) is 5.82 Å². The van der Waals surface area contributed by atoms with Crippen LogP contribution in [0.5, 0.6) is 0 Å². The predicted octanol–water partition coefficient (Wildman–Crippen LogP) is 2.93. The Morgan fingerprint density at radius 1 is 1.62 bits per heavy atom. The number of amides is 1. The smallest absolute Gasteiger partial charge is 0.250 e. The Morgan fingerprint density at radius 3 is 2.92 bits per heavy atom. The fourth-order valence-corrected chi connectivity index (χ4v) is 0.954. The van der Waals surface area contributed by atoms with E-state index >= 15 is 0 Å². The molecule has 0 aromatic heterocycles. The van der Waals surface area contributed by atoms with Crippen molar-refractivity contribution < 1.29 is 9.18 Å². The van der Waals surface area contributed by atoms with Crippen LogP contribution in [0.25, 0.3) is 10.4 Å². The molecule has 0 heterocycles. The van der Waals surface area contributed by atoms with E-state index in [1.165, 1.54) is 6.07 Å². The van der Waals surface area contributed by atoms with Gasteiger partial charge >= 0.3 is 0 Å². The average molecular weight is 200 g/mol. The molecule has 0 fully saturated rings. The highest BCUT2D eigenvalue weighted by atomic mass is 35.5. The highest BCUT2D eigenvalue weighted by molar-refractivity contribution is 6.33. The molecule has 0 saturated heterocycles. The Balaban J connectivity index is 3.20. The molecule has 1 aromatic rings. The molecule has 0 N–H and O–H groups in total. The van der Waals surface area contributed by atoms with Gasteiger partial charge in [0, 0.05) is 10.5 Å². The lowest BCUT2D eigenvalue weighted by atomic mass is 10.2. The standard InChI is InChI=1S/C7H3ClFN3O/c8-6-2-1-4(9)3-5(6)7(13)11-12-10/h1-3H. The van der Waals surface area contributed by atoms with Gasteiger partial charge in [-0.3, -0.25) is 4.79 Å². The topological polar surface area (TPSA) is 65.8 Å². The minimum absolute atomic E-state index is 0.0544. The van der Waals surface area contributed by atoms with E-state index in [0.29, 0.717) is 0 Å². The number of benzene rings is 1. The zero-order chi connectivity index (χ0) is 9.84. The van der Waals surface area contributed by atoms with Gasteiger partial charge in [0.2, 0.25) is 0 Å². The molecule has 0 aliphatic carbocycles. The van der Waals surface area contributed by atoms with Crippen molar-refractivity contribution in [1.82, 2.24) is 0 Å². The third-order valence-corrected chi connectivity index (χ3v) is 1.62. The first-order valence-corrected chi connectivity index (χ1v) is 3.57. The van der Waals surface area contributed by atoms with Crippen molar-refractivity contribution in [3.63, 3.8) is 0 Å². The van der Waals surface area contributed by atoms with Crippen LogP contribution in [-0.2, 0) is 0 Å². The maximum atomic E-state index is 12.6. The molecule has 0 saturated carbocycles. The van der Waals surface area contributed by atoms with Crippen LogP contribution in [0.1, 0.15) is 10.4 Å². The number of hydrogen-bond acceptors (Lipinski definition) is 1.